The van der Waals surface area contributed by atoms with Crippen molar-refractivity contribution in [3.63, 3.8) is 0 Å². The number of aromatic nitrogens is 5. The van der Waals surface area contributed by atoms with Crippen molar-refractivity contribution < 1.29 is 4.39 Å². The normalized spacial score (nSPS) is 17.6. The fourth-order valence-electron chi connectivity index (χ4n) is 3.90. The van der Waals surface area contributed by atoms with Gasteiger partial charge in [-0.15, -0.1) is 0 Å². The van der Waals surface area contributed by atoms with Gasteiger partial charge in [0.2, 0.25) is 5.96 Å². The Morgan fingerprint density at radius 3 is 2.74 bits per heavy atom. The smallest absolute Gasteiger partial charge is 0.202 e. The van der Waals surface area contributed by atoms with E-state index in [0.717, 1.165) is 28.0 Å². The quantitative estimate of drug-likeness (QED) is 0.339. The first-order valence-electron chi connectivity index (χ1n) is 10.9. The van der Waals surface area contributed by atoms with Crippen molar-refractivity contribution in [2.75, 3.05) is 5.32 Å². The number of hydrogen-bond acceptors (Lipinski definition) is 7. The molecule has 10 heteroatoms. The van der Waals surface area contributed by atoms with Gasteiger partial charge in [0, 0.05) is 29.2 Å². The lowest BCUT2D eigenvalue weighted by atomic mass is 9.89. The molecule has 0 fully saturated rings. The van der Waals surface area contributed by atoms with E-state index < -0.39 is 5.66 Å². The minimum Gasteiger partial charge on any atom is -0.332 e. The van der Waals surface area contributed by atoms with Gasteiger partial charge in [-0.1, -0.05) is 24.3 Å². The highest BCUT2D eigenvalue weighted by Gasteiger charge is 2.34. The first kappa shape index (κ1) is 21.5. The number of H-pyrrole nitrogens is 1. The number of nitrogens with one attached hydrogen (secondary N) is 3. The molecule has 34 heavy (non-hydrogen) atoms. The van der Waals surface area contributed by atoms with Crippen LogP contribution in [0, 0.1) is 5.82 Å². The first-order valence-corrected chi connectivity index (χ1v) is 10.9. The summed E-state index contributed by atoms with van der Waals surface area (Å²) in [7, 11) is 0. The zero-order valence-corrected chi connectivity index (χ0v) is 18.3. The number of benzene rings is 2. The summed E-state index contributed by atoms with van der Waals surface area (Å²) in [6.45, 7) is 0.641. The van der Waals surface area contributed by atoms with Crippen LogP contribution in [0.1, 0.15) is 23.1 Å². The molecule has 0 saturated carbocycles. The Kier molecular flexibility index (Phi) is 5.88. The van der Waals surface area contributed by atoms with E-state index in [9.17, 15) is 4.39 Å². The predicted molar refractivity (Wildman–Crippen MR) is 128 cm³/mol. The van der Waals surface area contributed by atoms with Crippen molar-refractivity contribution >= 4 is 17.2 Å². The molecular formula is C24H24FN9. The molecule has 1 aliphatic rings. The summed E-state index contributed by atoms with van der Waals surface area (Å²) in [5, 5.41) is 17.5. The number of rotatable bonds is 7. The number of aliphatic imine (C=N–C) groups is 1. The summed E-state index contributed by atoms with van der Waals surface area (Å²) in [5.41, 5.74) is 10.3. The first-order chi connectivity index (χ1) is 16.6. The summed E-state index contributed by atoms with van der Waals surface area (Å²) in [5.74, 6) is 0.260. The molecule has 0 radical (unpaired) electrons. The number of hydrogen-bond donors (Lipinski definition) is 4. The lowest BCUT2D eigenvalue weighted by Gasteiger charge is -2.32. The molecule has 1 unspecified atom stereocenters. The highest BCUT2D eigenvalue weighted by atomic mass is 19.1. The molecular weight excluding hydrogens is 433 g/mol. The molecule has 4 aromatic rings. The predicted octanol–water partition coefficient (Wildman–Crippen LogP) is 2.89. The zero-order valence-electron chi connectivity index (χ0n) is 18.3. The Bertz CT molecular complexity index is 1290. The van der Waals surface area contributed by atoms with Crippen LogP contribution >= 0.6 is 0 Å². The van der Waals surface area contributed by atoms with E-state index in [0.29, 0.717) is 25.3 Å². The van der Waals surface area contributed by atoms with E-state index in [1.54, 1.807) is 29.5 Å². The largest absolute Gasteiger partial charge is 0.332 e. The van der Waals surface area contributed by atoms with E-state index in [2.05, 4.69) is 30.9 Å². The van der Waals surface area contributed by atoms with Gasteiger partial charge in [0.1, 0.15) is 24.1 Å². The minimum atomic E-state index is -1.03. The van der Waals surface area contributed by atoms with Crippen LogP contribution in [0.25, 0.3) is 5.57 Å². The van der Waals surface area contributed by atoms with Crippen molar-refractivity contribution in [2.45, 2.75) is 25.0 Å². The number of aromatic amines is 1. The molecule has 0 saturated heterocycles. The monoisotopic (exact) mass is 457 g/mol. The van der Waals surface area contributed by atoms with Crippen molar-refractivity contribution in [1.29, 1.82) is 0 Å². The Hall–Kier alpha value is -4.31. The average Bonchev–Trinajstić information content (AvgIpc) is 3.54. The van der Waals surface area contributed by atoms with Gasteiger partial charge in [-0.3, -0.25) is 5.10 Å². The maximum Gasteiger partial charge on any atom is 0.202 e. The molecule has 5 rings (SSSR count). The molecule has 172 valence electrons. The molecule has 1 aliphatic heterocycles. The lowest BCUT2D eigenvalue weighted by molar-refractivity contribution is 0.517. The van der Waals surface area contributed by atoms with Gasteiger partial charge in [-0.05, 0) is 48.2 Å². The van der Waals surface area contributed by atoms with Gasteiger partial charge in [0.25, 0.3) is 0 Å². The third-order valence-electron chi connectivity index (χ3n) is 5.65. The summed E-state index contributed by atoms with van der Waals surface area (Å²) < 4.78 is 15.4. The van der Waals surface area contributed by atoms with E-state index in [1.165, 1.54) is 18.5 Å². The second kappa shape index (κ2) is 9.28. The van der Waals surface area contributed by atoms with Crippen LogP contribution in [0.2, 0.25) is 0 Å². The van der Waals surface area contributed by atoms with Crippen LogP contribution in [-0.4, -0.2) is 36.6 Å². The lowest BCUT2D eigenvalue weighted by Crippen LogP contribution is -2.47. The summed E-state index contributed by atoms with van der Waals surface area (Å²) in [6, 6.07) is 14.5. The van der Waals surface area contributed by atoms with E-state index in [1.807, 2.05) is 36.5 Å². The third-order valence-corrected chi connectivity index (χ3v) is 5.65. The SMILES string of the molecule is NC1(CCc2cccc(F)c2)N=C(Nc2ccc(Cn3cncn3)cc2)NC=C1c1cn[nH]c1. The Labute approximate surface area is 195 Å². The van der Waals surface area contributed by atoms with Crippen LogP contribution in [0.15, 0.2) is 84.8 Å². The topological polar surface area (TPSA) is 122 Å². The summed E-state index contributed by atoms with van der Waals surface area (Å²) in [6.07, 6.45) is 9.57. The van der Waals surface area contributed by atoms with Crippen molar-refractivity contribution in [3.05, 3.63) is 102 Å². The molecule has 0 bridgehead atoms. The number of halogens is 1. The fourth-order valence-corrected chi connectivity index (χ4v) is 3.90. The van der Waals surface area contributed by atoms with Crippen LogP contribution in [0.4, 0.5) is 10.1 Å². The van der Waals surface area contributed by atoms with Gasteiger partial charge in [-0.2, -0.15) is 10.2 Å². The van der Waals surface area contributed by atoms with Crippen LogP contribution in [0.3, 0.4) is 0 Å². The third kappa shape index (κ3) is 4.86. The standard InChI is InChI=1S/C24H24FN9/c25-20-3-1-2-17(10-20)8-9-24(26)22(19-11-29-30-12-19)13-28-23(33-24)32-21-6-4-18(5-7-21)14-34-16-27-15-31-34/h1-7,10-13,15-16H,8-9,14,26H2,(H,29,30)(H2,28,32,33). The summed E-state index contributed by atoms with van der Waals surface area (Å²) in [4.78, 5) is 8.78. The maximum absolute atomic E-state index is 13.7. The number of nitrogens with two attached hydrogens (primary N) is 1. The summed E-state index contributed by atoms with van der Waals surface area (Å²) >= 11 is 0. The Morgan fingerprint density at radius 2 is 2.00 bits per heavy atom. The van der Waals surface area contributed by atoms with E-state index in [4.69, 9.17) is 10.7 Å². The van der Waals surface area contributed by atoms with Gasteiger partial charge in [-0.25, -0.2) is 19.0 Å². The molecule has 2 aromatic carbocycles. The van der Waals surface area contributed by atoms with Gasteiger partial charge in [0.05, 0.1) is 12.7 Å². The molecule has 0 spiro atoms. The van der Waals surface area contributed by atoms with Gasteiger partial charge < -0.3 is 16.4 Å². The average molecular weight is 458 g/mol. The molecule has 0 amide bonds. The number of anilines is 1. The minimum absolute atomic E-state index is 0.266. The fraction of sp³-hybridized carbons (Fsp3) is 0.167. The molecule has 5 N–H and O–H groups in total. The number of nitrogens with zero attached hydrogens (tertiary/aromatic N) is 5. The van der Waals surface area contributed by atoms with Gasteiger partial charge in [0.15, 0.2) is 0 Å². The highest BCUT2D eigenvalue weighted by molar-refractivity contribution is 5.98. The molecule has 0 aliphatic carbocycles. The Balaban J connectivity index is 1.34. The second-order valence-corrected chi connectivity index (χ2v) is 8.12. The van der Waals surface area contributed by atoms with Gasteiger partial charge >= 0.3 is 0 Å². The van der Waals surface area contributed by atoms with Crippen LogP contribution in [0.5, 0.6) is 0 Å². The van der Waals surface area contributed by atoms with Crippen molar-refractivity contribution in [2.24, 2.45) is 10.7 Å². The maximum atomic E-state index is 13.7. The Morgan fingerprint density at radius 1 is 1.12 bits per heavy atom. The number of guanidine groups is 1. The molecule has 3 heterocycles. The second-order valence-electron chi connectivity index (χ2n) is 8.12. The van der Waals surface area contributed by atoms with E-state index >= 15 is 0 Å². The number of aryl methyl sites for hydroxylation is 1. The zero-order chi connectivity index (χ0) is 23.4. The highest BCUT2D eigenvalue weighted by Crippen LogP contribution is 2.32. The van der Waals surface area contributed by atoms with Crippen molar-refractivity contribution in [1.82, 2.24) is 30.3 Å². The molecule has 1 atom stereocenters. The van der Waals surface area contributed by atoms with Crippen LogP contribution in [-0.2, 0) is 13.0 Å². The molecule has 9 nitrogen and oxygen atoms in total. The van der Waals surface area contributed by atoms with Crippen LogP contribution < -0.4 is 16.4 Å². The van der Waals surface area contributed by atoms with Crippen molar-refractivity contribution in [3.8, 4) is 0 Å². The molecule has 2 aromatic heterocycles. The van der Waals surface area contributed by atoms with E-state index in [-0.39, 0.29) is 5.82 Å².